The third-order valence-corrected chi connectivity index (χ3v) is 4.40. The van der Waals surface area contributed by atoms with E-state index in [1.165, 1.54) is 11.1 Å². The largest absolute Gasteiger partial charge is 0.379 e. The summed E-state index contributed by atoms with van der Waals surface area (Å²) in [6, 6.07) is 8.21. The van der Waals surface area contributed by atoms with Gasteiger partial charge in [0.15, 0.2) is 5.96 Å². The number of guanidine groups is 1. The van der Waals surface area contributed by atoms with E-state index in [0.29, 0.717) is 12.5 Å². The lowest BCUT2D eigenvalue weighted by molar-refractivity contribution is -0.127. The van der Waals surface area contributed by atoms with Gasteiger partial charge in [-0.3, -0.25) is 9.69 Å². The van der Waals surface area contributed by atoms with Gasteiger partial charge >= 0.3 is 0 Å². The average Bonchev–Trinajstić information content (AvgIpc) is 2.65. The Morgan fingerprint density at radius 1 is 1.23 bits per heavy atom. The number of hydrogen-bond acceptors (Lipinski definition) is 4. The Morgan fingerprint density at radius 3 is 2.65 bits per heavy atom. The number of aryl methyl sites for hydroxylation is 1. The van der Waals surface area contributed by atoms with Crippen molar-refractivity contribution in [3.63, 3.8) is 0 Å². The lowest BCUT2D eigenvalue weighted by Gasteiger charge is -2.26. The van der Waals surface area contributed by atoms with Crippen molar-refractivity contribution in [2.75, 3.05) is 60.0 Å². The maximum absolute atomic E-state index is 11.9. The maximum atomic E-state index is 11.9. The van der Waals surface area contributed by atoms with Gasteiger partial charge in [-0.25, -0.2) is 4.99 Å². The fraction of sp³-hybridized carbons (Fsp3) is 0.579. The van der Waals surface area contributed by atoms with Gasteiger partial charge in [0.1, 0.15) is 0 Å². The zero-order valence-electron chi connectivity index (χ0n) is 16.1. The van der Waals surface area contributed by atoms with Gasteiger partial charge < -0.3 is 20.3 Å². The second kappa shape index (κ2) is 10.8. The molecule has 0 spiro atoms. The van der Waals surface area contributed by atoms with Crippen LogP contribution in [0.25, 0.3) is 0 Å². The van der Waals surface area contributed by atoms with Crippen LogP contribution in [0.5, 0.6) is 0 Å². The highest BCUT2D eigenvalue weighted by Crippen LogP contribution is 2.07. The minimum atomic E-state index is 0.0172. The molecule has 0 aliphatic carbocycles. The van der Waals surface area contributed by atoms with Gasteiger partial charge in [-0.1, -0.05) is 24.3 Å². The van der Waals surface area contributed by atoms with E-state index < -0.39 is 0 Å². The van der Waals surface area contributed by atoms with Crippen LogP contribution in [-0.2, 0) is 16.1 Å². The molecular formula is C19H31N5O2. The molecule has 0 unspecified atom stereocenters. The first-order valence-electron chi connectivity index (χ1n) is 9.13. The molecular weight excluding hydrogens is 330 g/mol. The fourth-order valence-corrected chi connectivity index (χ4v) is 2.60. The van der Waals surface area contributed by atoms with Crippen molar-refractivity contribution in [1.82, 2.24) is 20.4 Å². The summed E-state index contributed by atoms with van der Waals surface area (Å²) in [5, 5.41) is 6.47. The van der Waals surface area contributed by atoms with Crippen LogP contribution in [0.4, 0.5) is 0 Å². The van der Waals surface area contributed by atoms with Crippen molar-refractivity contribution in [3.8, 4) is 0 Å². The molecule has 144 valence electrons. The summed E-state index contributed by atoms with van der Waals surface area (Å²) in [6.45, 7) is 8.10. The number of hydrogen-bond donors (Lipinski definition) is 2. The van der Waals surface area contributed by atoms with E-state index in [0.717, 1.165) is 39.4 Å². The predicted molar refractivity (Wildman–Crippen MR) is 104 cm³/mol. The highest BCUT2D eigenvalue weighted by atomic mass is 16.5. The van der Waals surface area contributed by atoms with Crippen molar-refractivity contribution >= 4 is 11.9 Å². The molecule has 1 fully saturated rings. The highest BCUT2D eigenvalue weighted by Gasteiger charge is 2.10. The Balaban J connectivity index is 1.90. The van der Waals surface area contributed by atoms with Gasteiger partial charge in [0.25, 0.3) is 0 Å². The SMILES string of the molecule is Cc1ccccc1CN=C(NCCN1CCOCC1)NCC(=O)N(C)C. The molecule has 1 amide bonds. The molecule has 0 saturated carbocycles. The smallest absolute Gasteiger partial charge is 0.241 e. The lowest BCUT2D eigenvalue weighted by Crippen LogP contribution is -2.46. The van der Waals surface area contributed by atoms with Crippen LogP contribution in [0.1, 0.15) is 11.1 Å². The van der Waals surface area contributed by atoms with Crippen LogP contribution in [-0.4, -0.2) is 81.7 Å². The standard InChI is InChI=1S/C19H31N5O2/c1-16-6-4-5-7-17(16)14-21-19(22-15-18(25)23(2)3)20-8-9-24-10-12-26-13-11-24/h4-7H,8-15H2,1-3H3,(H2,20,21,22). The van der Waals surface area contributed by atoms with E-state index in [2.05, 4.69) is 39.6 Å². The van der Waals surface area contributed by atoms with Crippen molar-refractivity contribution < 1.29 is 9.53 Å². The molecule has 1 aromatic rings. The van der Waals surface area contributed by atoms with Crippen molar-refractivity contribution in [2.24, 2.45) is 4.99 Å². The first-order valence-corrected chi connectivity index (χ1v) is 9.13. The number of nitrogens with one attached hydrogen (secondary N) is 2. The molecule has 1 aliphatic heterocycles. The van der Waals surface area contributed by atoms with Crippen LogP contribution in [0.2, 0.25) is 0 Å². The van der Waals surface area contributed by atoms with Crippen LogP contribution < -0.4 is 10.6 Å². The van der Waals surface area contributed by atoms with Gasteiger partial charge in [-0.2, -0.15) is 0 Å². The first-order chi connectivity index (χ1) is 12.6. The summed E-state index contributed by atoms with van der Waals surface area (Å²) < 4.78 is 5.37. The van der Waals surface area contributed by atoms with Crippen molar-refractivity contribution in [1.29, 1.82) is 0 Å². The van der Waals surface area contributed by atoms with Gasteiger partial charge in [0.05, 0.1) is 26.3 Å². The minimum Gasteiger partial charge on any atom is -0.379 e. The number of benzene rings is 1. The summed E-state index contributed by atoms with van der Waals surface area (Å²) in [5.41, 5.74) is 2.40. The number of amides is 1. The molecule has 0 atom stereocenters. The first kappa shape index (κ1) is 20.2. The lowest BCUT2D eigenvalue weighted by atomic mass is 10.1. The second-order valence-electron chi connectivity index (χ2n) is 6.61. The van der Waals surface area contributed by atoms with E-state index in [-0.39, 0.29) is 12.5 Å². The van der Waals surface area contributed by atoms with Gasteiger partial charge in [0, 0.05) is 40.3 Å². The predicted octanol–water partition coefficient (Wildman–Crippen LogP) is 0.451. The summed E-state index contributed by atoms with van der Waals surface area (Å²) >= 11 is 0. The normalized spacial score (nSPS) is 15.6. The van der Waals surface area contributed by atoms with Crippen LogP contribution in [0, 0.1) is 6.92 Å². The molecule has 1 saturated heterocycles. The maximum Gasteiger partial charge on any atom is 0.241 e. The van der Waals surface area contributed by atoms with E-state index in [4.69, 9.17) is 4.74 Å². The number of aliphatic imine (C=N–C) groups is 1. The third kappa shape index (κ3) is 7.01. The Bertz CT molecular complexity index is 597. The van der Waals surface area contributed by atoms with Crippen molar-refractivity contribution in [2.45, 2.75) is 13.5 Å². The number of carbonyl (C=O) groups excluding carboxylic acids is 1. The number of likely N-dealkylation sites (N-methyl/N-ethyl adjacent to an activating group) is 1. The summed E-state index contributed by atoms with van der Waals surface area (Å²) in [5.74, 6) is 0.681. The Morgan fingerprint density at radius 2 is 1.96 bits per heavy atom. The number of carbonyl (C=O) groups is 1. The van der Waals surface area contributed by atoms with Gasteiger partial charge in [0.2, 0.25) is 5.91 Å². The molecule has 0 aromatic heterocycles. The van der Waals surface area contributed by atoms with E-state index in [1.54, 1.807) is 19.0 Å². The second-order valence-corrected chi connectivity index (χ2v) is 6.61. The van der Waals surface area contributed by atoms with Crippen LogP contribution in [0.3, 0.4) is 0 Å². The molecule has 0 radical (unpaired) electrons. The van der Waals surface area contributed by atoms with E-state index in [9.17, 15) is 4.79 Å². The molecule has 1 aliphatic rings. The summed E-state index contributed by atoms with van der Waals surface area (Å²) in [6.07, 6.45) is 0. The van der Waals surface area contributed by atoms with Gasteiger partial charge in [-0.15, -0.1) is 0 Å². The Hall–Kier alpha value is -2.12. The molecule has 7 nitrogen and oxygen atoms in total. The van der Waals surface area contributed by atoms with Crippen molar-refractivity contribution in [3.05, 3.63) is 35.4 Å². The topological polar surface area (TPSA) is 69.2 Å². The number of nitrogens with zero attached hydrogens (tertiary/aromatic N) is 3. The third-order valence-electron chi connectivity index (χ3n) is 4.40. The highest BCUT2D eigenvalue weighted by molar-refractivity contribution is 5.86. The molecule has 1 heterocycles. The monoisotopic (exact) mass is 361 g/mol. The fourth-order valence-electron chi connectivity index (χ4n) is 2.60. The van der Waals surface area contributed by atoms with E-state index in [1.807, 2.05) is 12.1 Å². The zero-order chi connectivity index (χ0) is 18.8. The summed E-state index contributed by atoms with van der Waals surface area (Å²) in [4.78, 5) is 20.4. The molecule has 2 rings (SSSR count). The summed E-state index contributed by atoms with van der Waals surface area (Å²) in [7, 11) is 3.50. The molecule has 7 heteroatoms. The van der Waals surface area contributed by atoms with Crippen LogP contribution >= 0.6 is 0 Å². The number of morpholine rings is 1. The molecule has 26 heavy (non-hydrogen) atoms. The molecule has 1 aromatic carbocycles. The van der Waals surface area contributed by atoms with Gasteiger partial charge in [-0.05, 0) is 18.1 Å². The average molecular weight is 361 g/mol. The number of rotatable bonds is 7. The molecule has 0 bridgehead atoms. The Kier molecular flexibility index (Phi) is 8.37. The zero-order valence-corrected chi connectivity index (χ0v) is 16.1. The Labute approximate surface area is 156 Å². The van der Waals surface area contributed by atoms with Crippen LogP contribution in [0.15, 0.2) is 29.3 Å². The quantitative estimate of drug-likeness (QED) is 0.545. The minimum absolute atomic E-state index is 0.0172. The molecule has 2 N–H and O–H groups in total. The number of ether oxygens (including phenoxy) is 1. The van der Waals surface area contributed by atoms with E-state index >= 15 is 0 Å².